The minimum atomic E-state index is -0.714. The van der Waals surface area contributed by atoms with Crippen LogP contribution in [0, 0.1) is 5.82 Å². The number of hydrogen-bond acceptors (Lipinski definition) is 2. The average molecular weight is 369 g/mol. The minimum absolute atomic E-state index is 0.0667. The highest BCUT2D eigenvalue weighted by molar-refractivity contribution is 5.81. The first-order valence-electron chi connectivity index (χ1n) is 9.95. The van der Waals surface area contributed by atoms with Gasteiger partial charge < -0.3 is 10.1 Å². The third-order valence-corrected chi connectivity index (χ3v) is 5.27. The van der Waals surface area contributed by atoms with Gasteiger partial charge in [-0.3, -0.25) is 4.79 Å². The van der Waals surface area contributed by atoms with E-state index in [9.17, 15) is 9.18 Å². The number of carbonyl (C=O) groups excluding carboxylic acids is 1. The number of ether oxygens (including phenoxy) is 1. The Balaban J connectivity index is 1.71. The van der Waals surface area contributed by atoms with Gasteiger partial charge in [0.2, 0.25) is 0 Å². The first kappa shape index (κ1) is 19.4. The van der Waals surface area contributed by atoms with Crippen LogP contribution in [0.3, 0.4) is 0 Å². The Kier molecular flexibility index (Phi) is 6.49. The van der Waals surface area contributed by atoms with Crippen molar-refractivity contribution < 1.29 is 13.9 Å². The zero-order valence-corrected chi connectivity index (χ0v) is 16.1. The van der Waals surface area contributed by atoms with E-state index < -0.39 is 11.9 Å². The predicted octanol–water partition coefficient (Wildman–Crippen LogP) is 5.13. The molecule has 2 atom stereocenters. The molecule has 2 aromatic carbocycles. The van der Waals surface area contributed by atoms with Gasteiger partial charge in [-0.05, 0) is 67.3 Å². The topological polar surface area (TPSA) is 38.3 Å². The van der Waals surface area contributed by atoms with Crippen LogP contribution in [0.2, 0.25) is 0 Å². The molecule has 1 N–H and O–H groups in total. The van der Waals surface area contributed by atoms with E-state index in [1.807, 2.05) is 6.92 Å². The van der Waals surface area contributed by atoms with Crippen LogP contribution in [0.1, 0.15) is 62.3 Å². The van der Waals surface area contributed by atoms with E-state index in [1.165, 1.54) is 30.0 Å². The Morgan fingerprint density at radius 2 is 1.81 bits per heavy atom. The molecule has 1 aliphatic carbocycles. The van der Waals surface area contributed by atoms with Crippen LogP contribution in [0.4, 0.5) is 4.39 Å². The summed E-state index contributed by atoms with van der Waals surface area (Å²) in [5.41, 5.74) is 3.97. The molecule has 3 nitrogen and oxygen atoms in total. The fourth-order valence-corrected chi connectivity index (χ4v) is 3.67. The van der Waals surface area contributed by atoms with Gasteiger partial charge in [0.05, 0.1) is 6.04 Å². The Labute approximate surface area is 160 Å². The number of para-hydroxylation sites is 1. The number of hydrogen-bond donors (Lipinski definition) is 1. The number of aryl methyl sites for hydroxylation is 2. The summed E-state index contributed by atoms with van der Waals surface area (Å²) >= 11 is 0. The molecule has 0 radical (unpaired) electrons. The van der Waals surface area contributed by atoms with Gasteiger partial charge >= 0.3 is 0 Å². The quantitative estimate of drug-likeness (QED) is 0.735. The third kappa shape index (κ3) is 4.68. The largest absolute Gasteiger partial charge is 0.478 e. The highest BCUT2D eigenvalue weighted by Gasteiger charge is 2.23. The van der Waals surface area contributed by atoms with Gasteiger partial charge in [0.25, 0.3) is 5.91 Å². The summed E-state index contributed by atoms with van der Waals surface area (Å²) in [5.74, 6) is -0.544. The summed E-state index contributed by atoms with van der Waals surface area (Å²) in [7, 11) is 0. The van der Waals surface area contributed by atoms with Crippen molar-refractivity contribution in [2.45, 2.75) is 64.5 Å². The lowest BCUT2D eigenvalue weighted by atomic mass is 9.88. The molecule has 0 fully saturated rings. The fraction of sp³-hybridized carbons (Fsp3) is 0.435. The van der Waals surface area contributed by atoms with Crippen molar-refractivity contribution >= 4 is 5.91 Å². The molecular weight excluding hydrogens is 341 g/mol. The van der Waals surface area contributed by atoms with Crippen molar-refractivity contribution in [3.63, 3.8) is 0 Å². The normalized spacial score (nSPS) is 15.5. The lowest BCUT2D eigenvalue weighted by Crippen LogP contribution is -2.40. The second kappa shape index (κ2) is 9.03. The number of carbonyl (C=O) groups is 1. The van der Waals surface area contributed by atoms with Crippen molar-refractivity contribution in [1.29, 1.82) is 0 Å². The zero-order valence-electron chi connectivity index (χ0n) is 16.1. The molecule has 2 aromatic rings. The van der Waals surface area contributed by atoms with E-state index in [0.29, 0.717) is 6.42 Å². The first-order chi connectivity index (χ1) is 13.1. The number of amides is 1. The Morgan fingerprint density at radius 3 is 2.52 bits per heavy atom. The molecule has 27 heavy (non-hydrogen) atoms. The van der Waals surface area contributed by atoms with E-state index in [1.54, 1.807) is 18.2 Å². The van der Waals surface area contributed by atoms with Crippen LogP contribution in [-0.2, 0) is 17.6 Å². The van der Waals surface area contributed by atoms with Crippen LogP contribution < -0.4 is 10.1 Å². The van der Waals surface area contributed by atoms with Crippen LogP contribution in [0.25, 0.3) is 0 Å². The van der Waals surface area contributed by atoms with Crippen molar-refractivity contribution in [3.8, 4) is 5.75 Å². The number of rotatable bonds is 7. The van der Waals surface area contributed by atoms with Crippen LogP contribution in [0.5, 0.6) is 5.75 Å². The van der Waals surface area contributed by atoms with Gasteiger partial charge in [-0.2, -0.15) is 0 Å². The van der Waals surface area contributed by atoms with Crippen molar-refractivity contribution in [2.24, 2.45) is 0 Å². The molecule has 1 amide bonds. The summed E-state index contributed by atoms with van der Waals surface area (Å²) in [5, 5.41) is 3.09. The summed E-state index contributed by atoms with van der Waals surface area (Å²) < 4.78 is 19.5. The molecule has 0 saturated heterocycles. The van der Waals surface area contributed by atoms with E-state index in [0.717, 1.165) is 24.8 Å². The van der Waals surface area contributed by atoms with Crippen molar-refractivity contribution in [1.82, 2.24) is 5.32 Å². The second-order valence-corrected chi connectivity index (χ2v) is 7.15. The molecule has 0 aliphatic heterocycles. The summed E-state index contributed by atoms with van der Waals surface area (Å²) in [6.45, 7) is 3.92. The monoisotopic (exact) mass is 369 g/mol. The van der Waals surface area contributed by atoms with E-state index in [4.69, 9.17) is 4.74 Å². The molecule has 0 aromatic heterocycles. The number of benzene rings is 2. The standard InChI is InChI=1S/C23H28FNO2/c1-3-20(18-14-13-16-9-5-6-10-17(16)15-18)25-23(26)21(4-2)27-22-12-8-7-11-19(22)24/h7-8,11-15,20-21H,3-6,9-10H2,1-2H3,(H,25,26)/t20-,21+/m0/s1. The smallest absolute Gasteiger partial charge is 0.261 e. The zero-order chi connectivity index (χ0) is 19.2. The van der Waals surface area contributed by atoms with Gasteiger partial charge in [0.15, 0.2) is 17.7 Å². The molecule has 0 saturated carbocycles. The molecule has 4 heteroatoms. The van der Waals surface area contributed by atoms with Crippen molar-refractivity contribution in [3.05, 3.63) is 65.0 Å². The van der Waals surface area contributed by atoms with E-state index >= 15 is 0 Å². The van der Waals surface area contributed by atoms with Crippen LogP contribution in [-0.4, -0.2) is 12.0 Å². The molecule has 0 bridgehead atoms. The molecule has 0 heterocycles. The summed E-state index contributed by atoms with van der Waals surface area (Å²) in [6.07, 6.45) is 5.30. The number of halogens is 1. The van der Waals surface area contributed by atoms with Gasteiger partial charge in [0.1, 0.15) is 0 Å². The first-order valence-corrected chi connectivity index (χ1v) is 9.95. The van der Waals surface area contributed by atoms with Crippen LogP contribution >= 0.6 is 0 Å². The third-order valence-electron chi connectivity index (χ3n) is 5.27. The lowest BCUT2D eigenvalue weighted by molar-refractivity contribution is -0.129. The Hall–Kier alpha value is -2.36. The molecule has 1 aliphatic rings. The Bertz CT molecular complexity index is 790. The maximum absolute atomic E-state index is 13.8. The second-order valence-electron chi connectivity index (χ2n) is 7.15. The van der Waals surface area contributed by atoms with Gasteiger partial charge in [0, 0.05) is 0 Å². The molecule has 0 spiro atoms. The highest BCUT2D eigenvalue weighted by atomic mass is 19.1. The molecule has 0 unspecified atom stereocenters. The molecular formula is C23H28FNO2. The fourth-order valence-electron chi connectivity index (χ4n) is 3.67. The minimum Gasteiger partial charge on any atom is -0.478 e. The maximum Gasteiger partial charge on any atom is 0.261 e. The van der Waals surface area contributed by atoms with Crippen LogP contribution in [0.15, 0.2) is 42.5 Å². The average Bonchev–Trinajstić information content (AvgIpc) is 2.70. The van der Waals surface area contributed by atoms with E-state index in [2.05, 4.69) is 30.4 Å². The predicted molar refractivity (Wildman–Crippen MR) is 105 cm³/mol. The SMILES string of the molecule is CC[C@H](NC(=O)[C@@H](CC)Oc1ccccc1F)c1ccc2c(c1)CCCC2. The highest BCUT2D eigenvalue weighted by Crippen LogP contribution is 2.26. The van der Waals surface area contributed by atoms with E-state index in [-0.39, 0.29) is 17.7 Å². The van der Waals surface area contributed by atoms with Gasteiger partial charge in [-0.15, -0.1) is 0 Å². The van der Waals surface area contributed by atoms with Gasteiger partial charge in [-0.25, -0.2) is 4.39 Å². The maximum atomic E-state index is 13.8. The van der Waals surface area contributed by atoms with Gasteiger partial charge in [-0.1, -0.05) is 44.2 Å². The Morgan fingerprint density at radius 1 is 1.07 bits per heavy atom. The number of fused-ring (bicyclic) bond motifs is 1. The molecule has 3 rings (SSSR count). The lowest BCUT2D eigenvalue weighted by Gasteiger charge is -2.24. The number of nitrogens with one attached hydrogen (secondary N) is 1. The summed E-state index contributed by atoms with van der Waals surface area (Å²) in [6, 6.07) is 12.7. The van der Waals surface area contributed by atoms with Crippen molar-refractivity contribution in [2.75, 3.05) is 0 Å². The summed E-state index contributed by atoms with van der Waals surface area (Å²) in [4.78, 5) is 12.8. The molecule has 144 valence electrons.